The second kappa shape index (κ2) is 11.8. The van der Waals surface area contributed by atoms with Gasteiger partial charge in [0.2, 0.25) is 0 Å². The molecule has 3 aromatic carbocycles. The first-order valence-corrected chi connectivity index (χ1v) is 14.9. The van der Waals surface area contributed by atoms with Crippen LogP contribution in [0.25, 0.3) is 0 Å². The Morgan fingerprint density at radius 1 is 0.927 bits per heavy atom. The number of nitrogens with one attached hydrogen (secondary N) is 1. The van der Waals surface area contributed by atoms with Gasteiger partial charge in [0.15, 0.2) is 0 Å². The van der Waals surface area contributed by atoms with Crippen LogP contribution < -0.4 is 10.1 Å². The van der Waals surface area contributed by atoms with E-state index in [0.717, 1.165) is 35.7 Å². The Bertz CT molecular complexity index is 1400. The summed E-state index contributed by atoms with van der Waals surface area (Å²) in [7, 11) is 1.69. The lowest BCUT2D eigenvalue weighted by atomic mass is 9.69. The van der Waals surface area contributed by atoms with Gasteiger partial charge in [-0.25, -0.2) is 0 Å². The van der Waals surface area contributed by atoms with Crippen LogP contribution in [-0.4, -0.2) is 23.7 Å². The molecule has 4 aromatic rings. The molecule has 1 aliphatic carbocycles. The molecule has 0 amide bonds. The fraction of sp³-hybridized carbons (Fsp3) is 0.389. The molecule has 1 aliphatic heterocycles. The largest absolute Gasteiger partial charge is 0.497 e. The molecule has 5 nitrogen and oxygen atoms in total. The molecule has 1 saturated carbocycles. The average Bonchev–Trinajstić information content (AvgIpc) is 3.53. The molecule has 2 heterocycles. The summed E-state index contributed by atoms with van der Waals surface area (Å²) >= 11 is 0. The van der Waals surface area contributed by atoms with E-state index in [1.807, 2.05) is 36.4 Å². The van der Waals surface area contributed by atoms with E-state index in [4.69, 9.17) is 13.9 Å². The van der Waals surface area contributed by atoms with Gasteiger partial charge in [-0.2, -0.15) is 0 Å². The summed E-state index contributed by atoms with van der Waals surface area (Å²) < 4.78 is 18.6. The van der Waals surface area contributed by atoms with Crippen molar-refractivity contribution in [3.63, 3.8) is 0 Å². The Morgan fingerprint density at radius 3 is 2.41 bits per heavy atom. The monoisotopic (exact) mass is 550 g/mol. The summed E-state index contributed by atoms with van der Waals surface area (Å²) in [6.45, 7) is 8.06. The third-order valence-corrected chi connectivity index (χ3v) is 9.29. The van der Waals surface area contributed by atoms with Crippen LogP contribution in [0.15, 0.2) is 102 Å². The number of furan rings is 1. The van der Waals surface area contributed by atoms with Gasteiger partial charge in [-0.05, 0) is 80.1 Å². The predicted octanol–water partition coefficient (Wildman–Crippen LogP) is 8.60. The van der Waals surface area contributed by atoms with Crippen molar-refractivity contribution in [1.29, 1.82) is 0 Å². The standard InChI is InChI=1S/C36H42N2O3/c1-25-16-21-31-33(23-25)41-35(38(36(31,2)3)24-26-11-6-5-7-12-26)30-14-9-8-13-29(30)34(32-15-10-22-40-32)37-27-17-19-28(39-4)20-18-27/h5-15,17-20,22,25,31,33-35,37H,16,21,23-24H2,1-4H3/t25-,31-,33-,34+,35+/m1/s1. The highest BCUT2D eigenvalue weighted by Gasteiger charge is 2.51. The van der Waals surface area contributed by atoms with Gasteiger partial charge in [0, 0.05) is 29.3 Å². The third-order valence-electron chi connectivity index (χ3n) is 9.29. The van der Waals surface area contributed by atoms with Crippen molar-refractivity contribution in [2.24, 2.45) is 11.8 Å². The van der Waals surface area contributed by atoms with Crippen LogP contribution >= 0.6 is 0 Å². The lowest BCUT2D eigenvalue weighted by Crippen LogP contribution is -2.61. The zero-order valence-corrected chi connectivity index (χ0v) is 24.6. The van der Waals surface area contributed by atoms with E-state index in [1.54, 1.807) is 13.4 Å². The van der Waals surface area contributed by atoms with Gasteiger partial charge < -0.3 is 19.2 Å². The summed E-state index contributed by atoms with van der Waals surface area (Å²) in [5.41, 5.74) is 4.58. The molecule has 0 bridgehead atoms. The first-order chi connectivity index (χ1) is 19.9. The Balaban J connectivity index is 1.43. The summed E-state index contributed by atoms with van der Waals surface area (Å²) in [6.07, 6.45) is 5.36. The maximum Gasteiger partial charge on any atom is 0.138 e. The fourth-order valence-corrected chi connectivity index (χ4v) is 6.96. The molecule has 5 heteroatoms. The average molecular weight is 551 g/mol. The summed E-state index contributed by atoms with van der Waals surface area (Å²) in [5, 5.41) is 3.75. The Labute approximate surface area is 244 Å². The molecule has 0 unspecified atom stereocenters. The zero-order chi connectivity index (χ0) is 28.4. The summed E-state index contributed by atoms with van der Waals surface area (Å²) in [6, 6.07) is 31.4. The van der Waals surface area contributed by atoms with Crippen LogP contribution in [0.2, 0.25) is 0 Å². The lowest BCUT2D eigenvalue weighted by Gasteiger charge is -2.57. The van der Waals surface area contributed by atoms with E-state index in [9.17, 15) is 0 Å². The maximum absolute atomic E-state index is 7.21. The zero-order valence-electron chi connectivity index (χ0n) is 24.6. The van der Waals surface area contributed by atoms with Crippen LogP contribution in [0, 0.1) is 11.8 Å². The minimum absolute atomic E-state index is 0.0414. The van der Waals surface area contributed by atoms with Crippen molar-refractivity contribution in [1.82, 2.24) is 4.90 Å². The molecule has 0 spiro atoms. The number of anilines is 1. The molecule has 1 N–H and O–H groups in total. The topological polar surface area (TPSA) is 46.9 Å². The molecule has 0 radical (unpaired) electrons. The SMILES string of the molecule is COc1ccc(N[C@H](c2ccco2)c2ccccc2[C@@H]2O[C@@H]3C[C@H](C)CC[C@H]3C(C)(C)N2Cc2ccccc2)cc1. The van der Waals surface area contributed by atoms with Crippen molar-refractivity contribution in [3.05, 3.63) is 120 Å². The molecular weight excluding hydrogens is 508 g/mol. The van der Waals surface area contributed by atoms with Gasteiger partial charge in [0.05, 0.1) is 19.5 Å². The van der Waals surface area contributed by atoms with Gasteiger partial charge in [0.1, 0.15) is 23.8 Å². The molecule has 1 saturated heterocycles. The highest BCUT2D eigenvalue weighted by atomic mass is 16.5. The number of rotatable bonds is 8. The molecule has 2 aliphatic rings. The number of methoxy groups -OCH3 is 1. The van der Waals surface area contributed by atoms with Gasteiger partial charge in [-0.15, -0.1) is 0 Å². The van der Waals surface area contributed by atoms with Gasteiger partial charge in [-0.3, -0.25) is 4.90 Å². The van der Waals surface area contributed by atoms with E-state index >= 15 is 0 Å². The maximum atomic E-state index is 7.21. The van der Waals surface area contributed by atoms with Crippen LogP contribution in [0.5, 0.6) is 5.75 Å². The normalized spacial score (nSPS) is 24.8. The van der Waals surface area contributed by atoms with Crippen LogP contribution in [0.1, 0.15) is 74.8 Å². The number of hydrogen-bond donors (Lipinski definition) is 1. The van der Waals surface area contributed by atoms with E-state index < -0.39 is 0 Å². The fourth-order valence-electron chi connectivity index (χ4n) is 6.96. The lowest BCUT2D eigenvalue weighted by molar-refractivity contribution is -0.241. The van der Waals surface area contributed by atoms with E-state index in [-0.39, 0.29) is 23.9 Å². The third kappa shape index (κ3) is 5.66. The number of nitrogens with zero attached hydrogens (tertiary/aromatic N) is 1. The number of benzene rings is 3. The second-order valence-corrected chi connectivity index (χ2v) is 12.3. The molecule has 6 rings (SSSR count). The predicted molar refractivity (Wildman–Crippen MR) is 164 cm³/mol. The number of fused-ring (bicyclic) bond motifs is 1. The van der Waals surface area contributed by atoms with E-state index in [0.29, 0.717) is 11.8 Å². The number of hydrogen-bond acceptors (Lipinski definition) is 5. The van der Waals surface area contributed by atoms with Crippen LogP contribution in [0.4, 0.5) is 5.69 Å². The second-order valence-electron chi connectivity index (χ2n) is 12.3. The smallest absolute Gasteiger partial charge is 0.138 e. The van der Waals surface area contributed by atoms with Crippen molar-refractivity contribution in [3.8, 4) is 5.75 Å². The molecule has 41 heavy (non-hydrogen) atoms. The summed E-state index contributed by atoms with van der Waals surface area (Å²) in [4.78, 5) is 2.60. The minimum Gasteiger partial charge on any atom is -0.497 e. The minimum atomic E-state index is -0.192. The highest BCUT2D eigenvalue weighted by molar-refractivity contribution is 5.51. The van der Waals surface area contributed by atoms with Crippen molar-refractivity contribution in [2.75, 3.05) is 12.4 Å². The van der Waals surface area contributed by atoms with Crippen molar-refractivity contribution in [2.45, 2.75) is 70.5 Å². The van der Waals surface area contributed by atoms with E-state index in [2.05, 4.69) is 85.6 Å². The Hall–Kier alpha value is -3.54. The van der Waals surface area contributed by atoms with Crippen LogP contribution in [-0.2, 0) is 11.3 Å². The molecular formula is C36H42N2O3. The van der Waals surface area contributed by atoms with Crippen molar-refractivity contribution < 1.29 is 13.9 Å². The molecule has 2 fully saturated rings. The Kier molecular flexibility index (Phi) is 7.92. The van der Waals surface area contributed by atoms with Gasteiger partial charge >= 0.3 is 0 Å². The first kappa shape index (κ1) is 27.6. The van der Waals surface area contributed by atoms with Crippen molar-refractivity contribution >= 4 is 5.69 Å². The molecule has 1 aromatic heterocycles. The number of ether oxygens (including phenoxy) is 2. The quantitative estimate of drug-likeness (QED) is 0.238. The summed E-state index contributed by atoms with van der Waals surface area (Å²) in [5.74, 6) is 2.86. The molecule has 5 atom stereocenters. The Morgan fingerprint density at radius 2 is 1.68 bits per heavy atom. The first-order valence-electron chi connectivity index (χ1n) is 14.9. The van der Waals surface area contributed by atoms with E-state index in [1.165, 1.54) is 24.0 Å². The molecule has 214 valence electrons. The highest BCUT2D eigenvalue weighted by Crippen LogP contribution is 2.50. The van der Waals surface area contributed by atoms with Crippen LogP contribution in [0.3, 0.4) is 0 Å². The van der Waals surface area contributed by atoms with Gasteiger partial charge in [0.25, 0.3) is 0 Å². The van der Waals surface area contributed by atoms with Gasteiger partial charge in [-0.1, -0.05) is 67.9 Å².